The van der Waals surface area contributed by atoms with Crippen molar-refractivity contribution in [3.63, 3.8) is 0 Å². The molecule has 1 aromatic carbocycles. The number of rotatable bonds is 3. The Balaban J connectivity index is 2.36. The molecule has 0 spiro atoms. The minimum absolute atomic E-state index is 0.0604. The van der Waals surface area contributed by atoms with E-state index in [1.54, 1.807) is 0 Å². The molecule has 0 aliphatic carbocycles. The number of hydrogen-bond donors (Lipinski definition) is 2. The van der Waals surface area contributed by atoms with Crippen LogP contribution in [0.4, 0.5) is 13.2 Å². The van der Waals surface area contributed by atoms with Crippen LogP contribution in [0, 0.1) is 0 Å². The average molecular weight is 320 g/mol. The highest BCUT2D eigenvalue weighted by Crippen LogP contribution is 2.29. The lowest BCUT2D eigenvalue weighted by atomic mass is 10.1. The van der Waals surface area contributed by atoms with E-state index in [4.69, 9.17) is 0 Å². The van der Waals surface area contributed by atoms with Crippen molar-refractivity contribution >= 4 is 9.84 Å². The summed E-state index contributed by atoms with van der Waals surface area (Å²) in [6, 6.07) is 5.34. The Labute approximate surface area is 117 Å². The number of alkyl halides is 3. The van der Waals surface area contributed by atoms with Gasteiger partial charge in [-0.05, 0) is 17.7 Å². The Morgan fingerprint density at radius 2 is 1.67 bits per heavy atom. The predicted octanol–water partition coefficient (Wildman–Crippen LogP) is 1.72. The Morgan fingerprint density at radius 3 is 2.14 bits per heavy atom. The summed E-state index contributed by atoms with van der Waals surface area (Å²) in [6.07, 6.45) is -3.89. The maximum atomic E-state index is 12.7. The molecule has 0 saturated carbocycles. The van der Waals surface area contributed by atoms with Crippen LogP contribution in [0.25, 0.3) is 0 Å². The van der Waals surface area contributed by atoms with Gasteiger partial charge in [0.15, 0.2) is 9.84 Å². The number of aromatic amines is 2. The summed E-state index contributed by atoms with van der Waals surface area (Å²) in [6.45, 7) is 0. The summed E-state index contributed by atoms with van der Waals surface area (Å²) in [7, 11) is -3.38. The molecular weight excluding hydrogens is 309 g/mol. The lowest BCUT2D eigenvalue weighted by Gasteiger charge is -2.07. The van der Waals surface area contributed by atoms with Gasteiger partial charge in [0, 0.05) is 12.7 Å². The molecule has 0 unspecified atom stereocenters. The van der Waals surface area contributed by atoms with Crippen molar-refractivity contribution in [3.05, 3.63) is 51.4 Å². The van der Waals surface area contributed by atoms with Crippen LogP contribution in [0.15, 0.2) is 34.0 Å². The van der Waals surface area contributed by atoms with Gasteiger partial charge in [-0.15, -0.1) is 0 Å². The summed E-state index contributed by atoms with van der Waals surface area (Å²) in [4.78, 5) is 11.5. The molecule has 0 fully saturated rings. The smallest absolute Gasteiger partial charge is 0.293 e. The largest absolute Gasteiger partial charge is 0.433 e. The van der Waals surface area contributed by atoms with Crippen molar-refractivity contribution in [1.29, 1.82) is 0 Å². The standard InChI is InChI=1S/C12H11F3N2O3S/c1-21(19,20)8-4-2-7(3-5-8)6-9-10(12(13,14)15)16-17-11(9)18/h2-5H,6H2,1H3,(H2,16,17,18). The zero-order chi connectivity index (χ0) is 15.8. The van der Waals surface area contributed by atoms with E-state index in [0.29, 0.717) is 5.56 Å². The molecule has 9 heteroatoms. The maximum absolute atomic E-state index is 12.7. The summed E-state index contributed by atoms with van der Waals surface area (Å²) >= 11 is 0. The van der Waals surface area contributed by atoms with Gasteiger partial charge < -0.3 is 0 Å². The maximum Gasteiger partial charge on any atom is 0.433 e. The molecule has 0 radical (unpaired) electrons. The number of H-pyrrole nitrogens is 2. The fourth-order valence-corrected chi connectivity index (χ4v) is 2.48. The van der Waals surface area contributed by atoms with E-state index in [1.165, 1.54) is 24.3 Å². The molecule has 0 aliphatic rings. The molecule has 21 heavy (non-hydrogen) atoms. The van der Waals surface area contributed by atoms with Crippen molar-refractivity contribution in [2.45, 2.75) is 17.5 Å². The molecule has 2 aromatic rings. The highest BCUT2D eigenvalue weighted by Gasteiger charge is 2.36. The zero-order valence-electron chi connectivity index (χ0n) is 10.8. The molecule has 2 N–H and O–H groups in total. The van der Waals surface area contributed by atoms with Crippen LogP contribution in [0.5, 0.6) is 0 Å². The van der Waals surface area contributed by atoms with Crippen LogP contribution in [-0.2, 0) is 22.4 Å². The molecule has 0 bridgehead atoms. The molecule has 1 aromatic heterocycles. The monoisotopic (exact) mass is 320 g/mol. The predicted molar refractivity (Wildman–Crippen MR) is 68.8 cm³/mol. The van der Waals surface area contributed by atoms with E-state index in [-0.39, 0.29) is 11.3 Å². The normalized spacial score (nSPS) is 12.6. The van der Waals surface area contributed by atoms with E-state index < -0.39 is 32.8 Å². The van der Waals surface area contributed by atoms with Crippen molar-refractivity contribution < 1.29 is 21.6 Å². The summed E-state index contributed by atoms with van der Waals surface area (Å²) in [5.74, 6) is 0. The topological polar surface area (TPSA) is 82.8 Å². The third kappa shape index (κ3) is 3.35. The zero-order valence-corrected chi connectivity index (χ0v) is 11.6. The van der Waals surface area contributed by atoms with Gasteiger partial charge in [-0.2, -0.15) is 13.2 Å². The molecule has 0 amide bonds. The first-order chi connectivity index (χ1) is 9.59. The number of benzene rings is 1. The molecule has 2 rings (SSSR count). The van der Waals surface area contributed by atoms with Gasteiger partial charge in [0.05, 0.1) is 10.5 Å². The molecule has 1 heterocycles. The molecule has 0 aliphatic heterocycles. The second kappa shape index (κ2) is 5.06. The number of sulfone groups is 1. The Morgan fingerprint density at radius 1 is 1.10 bits per heavy atom. The van der Waals surface area contributed by atoms with Gasteiger partial charge in [-0.3, -0.25) is 15.0 Å². The first-order valence-corrected chi connectivity index (χ1v) is 7.64. The van der Waals surface area contributed by atoms with Crippen molar-refractivity contribution in [3.8, 4) is 0 Å². The van der Waals surface area contributed by atoms with Crippen molar-refractivity contribution in [2.75, 3.05) is 6.26 Å². The fourth-order valence-electron chi connectivity index (χ4n) is 1.85. The van der Waals surface area contributed by atoms with Gasteiger partial charge in [0.25, 0.3) is 5.56 Å². The van der Waals surface area contributed by atoms with Crippen molar-refractivity contribution in [2.24, 2.45) is 0 Å². The Bertz CT molecular complexity index is 802. The number of halogens is 3. The lowest BCUT2D eigenvalue weighted by Crippen LogP contribution is -2.13. The third-order valence-corrected chi connectivity index (χ3v) is 4.02. The number of hydrogen-bond acceptors (Lipinski definition) is 3. The lowest BCUT2D eigenvalue weighted by molar-refractivity contribution is -0.141. The van der Waals surface area contributed by atoms with E-state index in [1.807, 2.05) is 10.2 Å². The van der Waals surface area contributed by atoms with Crippen LogP contribution in [0.1, 0.15) is 16.8 Å². The first kappa shape index (κ1) is 15.4. The quantitative estimate of drug-likeness (QED) is 0.903. The van der Waals surface area contributed by atoms with E-state index in [9.17, 15) is 26.4 Å². The van der Waals surface area contributed by atoms with Crippen LogP contribution in [0.2, 0.25) is 0 Å². The first-order valence-electron chi connectivity index (χ1n) is 5.75. The fraction of sp³-hybridized carbons (Fsp3) is 0.250. The molecule has 0 atom stereocenters. The van der Waals surface area contributed by atoms with Crippen LogP contribution < -0.4 is 5.56 Å². The van der Waals surface area contributed by atoms with E-state index in [2.05, 4.69) is 0 Å². The number of nitrogens with one attached hydrogen (secondary N) is 2. The Hall–Kier alpha value is -2.03. The van der Waals surface area contributed by atoms with E-state index in [0.717, 1.165) is 6.26 Å². The summed E-state index contributed by atoms with van der Waals surface area (Å²) in [5, 5.41) is 3.71. The minimum Gasteiger partial charge on any atom is -0.293 e. The number of aromatic nitrogens is 2. The average Bonchev–Trinajstić information content (AvgIpc) is 2.70. The van der Waals surface area contributed by atoms with Gasteiger partial charge in [0.1, 0.15) is 5.69 Å². The molecule has 5 nitrogen and oxygen atoms in total. The molecule has 114 valence electrons. The van der Waals surface area contributed by atoms with Crippen LogP contribution in [0.3, 0.4) is 0 Å². The molecular formula is C12H11F3N2O3S. The minimum atomic E-state index is -4.67. The Kier molecular flexibility index (Phi) is 3.70. The van der Waals surface area contributed by atoms with E-state index >= 15 is 0 Å². The van der Waals surface area contributed by atoms with Gasteiger partial charge >= 0.3 is 6.18 Å². The molecule has 0 saturated heterocycles. The SMILES string of the molecule is CS(=O)(=O)c1ccc(Cc2c(C(F)(F)F)[nH][nH]c2=O)cc1. The van der Waals surface area contributed by atoms with Crippen LogP contribution >= 0.6 is 0 Å². The van der Waals surface area contributed by atoms with Crippen molar-refractivity contribution in [1.82, 2.24) is 10.2 Å². The van der Waals surface area contributed by atoms with Gasteiger partial charge in [0.2, 0.25) is 0 Å². The van der Waals surface area contributed by atoms with Gasteiger partial charge in [-0.25, -0.2) is 8.42 Å². The second-order valence-corrected chi connectivity index (χ2v) is 6.54. The third-order valence-electron chi connectivity index (χ3n) is 2.89. The second-order valence-electron chi connectivity index (χ2n) is 4.52. The van der Waals surface area contributed by atoms with Gasteiger partial charge in [-0.1, -0.05) is 12.1 Å². The highest BCUT2D eigenvalue weighted by atomic mass is 32.2. The summed E-state index contributed by atoms with van der Waals surface area (Å²) in [5.41, 5.74) is -2.01. The van der Waals surface area contributed by atoms with Crippen LogP contribution in [-0.4, -0.2) is 24.9 Å². The summed E-state index contributed by atoms with van der Waals surface area (Å²) < 4.78 is 60.7. The highest BCUT2D eigenvalue weighted by molar-refractivity contribution is 7.90.